The molecule has 0 fully saturated rings. The molecule has 0 unspecified atom stereocenters. The van der Waals surface area contributed by atoms with Gasteiger partial charge >= 0.3 is 0 Å². The first kappa shape index (κ1) is 17.6. The van der Waals surface area contributed by atoms with E-state index in [0.717, 1.165) is 29.9 Å². The minimum absolute atomic E-state index is 0.00241. The molecule has 4 rings (SSSR count). The van der Waals surface area contributed by atoms with Gasteiger partial charge in [0.15, 0.2) is 0 Å². The zero-order valence-electron chi connectivity index (χ0n) is 15.7. The van der Waals surface area contributed by atoms with E-state index >= 15 is 0 Å². The van der Waals surface area contributed by atoms with Gasteiger partial charge in [-0.2, -0.15) is 0 Å². The Morgan fingerprint density at radius 2 is 2.19 bits per heavy atom. The maximum absolute atomic E-state index is 12.7. The Morgan fingerprint density at radius 3 is 2.96 bits per heavy atom. The van der Waals surface area contributed by atoms with Crippen LogP contribution in [-0.4, -0.2) is 38.3 Å². The van der Waals surface area contributed by atoms with Crippen LogP contribution in [0.3, 0.4) is 0 Å². The fourth-order valence-electron chi connectivity index (χ4n) is 3.88. The molecular formula is C21H25N5O. The molecule has 2 aromatic rings. The van der Waals surface area contributed by atoms with Crippen LogP contribution in [0.15, 0.2) is 42.5 Å². The van der Waals surface area contributed by atoms with Gasteiger partial charge in [-0.15, -0.1) is 0 Å². The third kappa shape index (κ3) is 3.84. The Kier molecular flexibility index (Phi) is 5.14. The number of hydrogen-bond donors (Lipinski definition) is 1. The SMILES string of the molecule is C[C@H](Nc1ncnc2c1CCN(C(=O)c1cccnc1)C2)C1=CCCCC1. The van der Waals surface area contributed by atoms with Gasteiger partial charge < -0.3 is 10.2 Å². The number of amides is 1. The van der Waals surface area contributed by atoms with Crippen molar-refractivity contribution in [2.45, 2.75) is 51.6 Å². The Labute approximate surface area is 159 Å². The van der Waals surface area contributed by atoms with Gasteiger partial charge in [-0.3, -0.25) is 9.78 Å². The summed E-state index contributed by atoms with van der Waals surface area (Å²) in [6.07, 6.45) is 12.9. The first-order valence-corrected chi connectivity index (χ1v) is 9.70. The molecule has 0 bridgehead atoms. The third-order valence-electron chi connectivity index (χ3n) is 5.44. The predicted octanol–water partition coefficient (Wildman–Crippen LogP) is 3.37. The van der Waals surface area contributed by atoms with Crippen molar-refractivity contribution < 1.29 is 4.79 Å². The summed E-state index contributed by atoms with van der Waals surface area (Å²) in [4.78, 5) is 27.5. The molecule has 1 aliphatic heterocycles. The molecule has 1 atom stereocenters. The van der Waals surface area contributed by atoms with Crippen molar-refractivity contribution in [1.29, 1.82) is 0 Å². The molecule has 0 spiro atoms. The Bertz CT molecular complexity index is 849. The van der Waals surface area contributed by atoms with E-state index in [1.165, 1.54) is 24.8 Å². The van der Waals surface area contributed by atoms with Gasteiger partial charge in [0.05, 0.1) is 17.8 Å². The number of pyridine rings is 1. The highest BCUT2D eigenvalue weighted by Crippen LogP contribution is 2.27. The summed E-state index contributed by atoms with van der Waals surface area (Å²) >= 11 is 0. The predicted molar refractivity (Wildman–Crippen MR) is 104 cm³/mol. The van der Waals surface area contributed by atoms with Crippen LogP contribution in [0.4, 0.5) is 5.82 Å². The highest BCUT2D eigenvalue weighted by molar-refractivity contribution is 5.94. The summed E-state index contributed by atoms with van der Waals surface area (Å²) < 4.78 is 0. The highest BCUT2D eigenvalue weighted by atomic mass is 16.2. The standard InChI is InChI=1S/C21H25N5O/c1-15(16-6-3-2-4-7-16)25-20-18-9-11-26(13-19(18)23-14-24-20)21(27)17-8-5-10-22-12-17/h5-6,8,10,12,14-15H,2-4,7,9,11,13H2,1H3,(H,23,24,25)/t15-/m0/s1. The summed E-state index contributed by atoms with van der Waals surface area (Å²) in [6.45, 7) is 3.38. The van der Waals surface area contributed by atoms with Gasteiger partial charge in [0.2, 0.25) is 0 Å². The van der Waals surface area contributed by atoms with Crippen LogP contribution in [0.25, 0.3) is 0 Å². The lowest BCUT2D eigenvalue weighted by atomic mass is 9.94. The average molecular weight is 363 g/mol. The molecule has 2 aromatic heterocycles. The van der Waals surface area contributed by atoms with Gasteiger partial charge in [0.1, 0.15) is 12.1 Å². The van der Waals surface area contributed by atoms with Gasteiger partial charge in [0, 0.05) is 30.5 Å². The van der Waals surface area contributed by atoms with Gasteiger partial charge in [-0.25, -0.2) is 9.97 Å². The molecule has 1 N–H and O–H groups in total. The summed E-state index contributed by atoms with van der Waals surface area (Å²) in [5.74, 6) is 0.912. The summed E-state index contributed by atoms with van der Waals surface area (Å²) in [5, 5.41) is 3.58. The number of aromatic nitrogens is 3. The van der Waals surface area contributed by atoms with Crippen molar-refractivity contribution in [2.75, 3.05) is 11.9 Å². The molecule has 6 heteroatoms. The molecule has 0 saturated heterocycles. The molecule has 1 amide bonds. The first-order chi connectivity index (χ1) is 13.2. The van der Waals surface area contributed by atoms with Crippen LogP contribution >= 0.6 is 0 Å². The number of fused-ring (bicyclic) bond motifs is 1. The minimum Gasteiger partial charge on any atom is -0.364 e. The number of hydrogen-bond acceptors (Lipinski definition) is 5. The second kappa shape index (κ2) is 7.86. The fraction of sp³-hybridized carbons (Fsp3) is 0.429. The van der Waals surface area contributed by atoms with E-state index in [9.17, 15) is 4.79 Å². The number of nitrogens with one attached hydrogen (secondary N) is 1. The zero-order valence-corrected chi connectivity index (χ0v) is 15.7. The first-order valence-electron chi connectivity index (χ1n) is 9.70. The number of rotatable bonds is 4. The van der Waals surface area contributed by atoms with Crippen LogP contribution in [-0.2, 0) is 13.0 Å². The second-order valence-electron chi connectivity index (χ2n) is 7.26. The van der Waals surface area contributed by atoms with Crippen molar-refractivity contribution in [3.05, 3.63) is 59.3 Å². The molecule has 1 aliphatic carbocycles. The fourth-order valence-corrected chi connectivity index (χ4v) is 3.88. The molecule has 140 valence electrons. The topological polar surface area (TPSA) is 71.0 Å². The maximum atomic E-state index is 12.7. The van der Waals surface area contributed by atoms with Crippen LogP contribution < -0.4 is 5.32 Å². The second-order valence-corrected chi connectivity index (χ2v) is 7.26. The lowest BCUT2D eigenvalue weighted by Crippen LogP contribution is -2.37. The van der Waals surface area contributed by atoms with Crippen LogP contribution in [0, 0.1) is 0 Å². The van der Waals surface area contributed by atoms with Crippen molar-refractivity contribution in [1.82, 2.24) is 19.9 Å². The molecule has 6 nitrogen and oxygen atoms in total. The average Bonchev–Trinajstić information content (AvgIpc) is 2.74. The third-order valence-corrected chi connectivity index (χ3v) is 5.44. The highest BCUT2D eigenvalue weighted by Gasteiger charge is 2.25. The van der Waals surface area contributed by atoms with E-state index in [0.29, 0.717) is 18.7 Å². The van der Waals surface area contributed by atoms with Gasteiger partial charge in [0.25, 0.3) is 5.91 Å². The molecule has 3 heterocycles. The normalized spacial score (nSPS) is 17.7. The quantitative estimate of drug-likeness (QED) is 0.844. The van der Waals surface area contributed by atoms with E-state index in [-0.39, 0.29) is 11.9 Å². The number of carbonyl (C=O) groups is 1. The van der Waals surface area contributed by atoms with Crippen LogP contribution in [0.5, 0.6) is 0 Å². The Morgan fingerprint density at radius 1 is 1.26 bits per heavy atom. The molecule has 2 aliphatic rings. The maximum Gasteiger partial charge on any atom is 0.255 e. The number of carbonyl (C=O) groups excluding carboxylic acids is 1. The molecule has 0 radical (unpaired) electrons. The largest absolute Gasteiger partial charge is 0.364 e. The van der Waals surface area contributed by atoms with Crippen molar-refractivity contribution in [3.63, 3.8) is 0 Å². The molecule has 0 aromatic carbocycles. The monoisotopic (exact) mass is 363 g/mol. The minimum atomic E-state index is 0.00241. The van der Waals surface area contributed by atoms with Crippen LogP contribution in [0.1, 0.15) is 54.2 Å². The Hall–Kier alpha value is -2.76. The lowest BCUT2D eigenvalue weighted by Gasteiger charge is -2.30. The number of nitrogens with zero attached hydrogens (tertiary/aromatic N) is 4. The van der Waals surface area contributed by atoms with Crippen molar-refractivity contribution in [3.8, 4) is 0 Å². The van der Waals surface area contributed by atoms with Gasteiger partial charge in [-0.05, 0) is 51.2 Å². The van der Waals surface area contributed by atoms with E-state index in [4.69, 9.17) is 0 Å². The molecular weight excluding hydrogens is 338 g/mol. The van der Waals surface area contributed by atoms with Crippen LogP contribution in [0.2, 0.25) is 0 Å². The van der Waals surface area contributed by atoms with E-state index in [2.05, 4.69) is 33.3 Å². The smallest absolute Gasteiger partial charge is 0.255 e. The summed E-state index contributed by atoms with van der Waals surface area (Å²) in [5.41, 5.74) is 4.15. The summed E-state index contributed by atoms with van der Waals surface area (Å²) in [7, 11) is 0. The summed E-state index contributed by atoms with van der Waals surface area (Å²) in [6, 6.07) is 3.87. The van der Waals surface area contributed by atoms with Crippen molar-refractivity contribution in [2.24, 2.45) is 0 Å². The number of allylic oxidation sites excluding steroid dienone is 1. The zero-order chi connectivity index (χ0) is 18.6. The lowest BCUT2D eigenvalue weighted by molar-refractivity contribution is 0.0731. The van der Waals surface area contributed by atoms with E-state index < -0.39 is 0 Å². The van der Waals surface area contributed by atoms with Crippen molar-refractivity contribution >= 4 is 11.7 Å². The molecule has 27 heavy (non-hydrogen) atoms. The number of anilines is 1. The van der Waals surface area contributed by atoms with Gasteiger partial charge in [-0.1, -0.05) is 11.6 Å². The van der Waals surface area contributed by atoms with E-state index in [1.807, 2.05) is 4.90 Å². The Balaban J connectivity index is 1.50. The van der Waals surface area contributed by atoms with E-state index in [1.54, 1.807) is 30.9 Å². The molecule has 0 saturated carbocycles.